The van der Waals surface area contributed by atoms with Crippen molar-refractivity contribution >= 4 is 23.3 Å². The highest BCUT2D eigenvalue weighted by molar-refractivity contribution is 6.02. The summed E-state index contributed by atoms with van der Waals surface area (Å²) >= 11 is 0. The average Bonchev–Trinajstić information content (AvgIpc) is 3.15. The van der Waals surface area contributed by atoms with Crippen molar-refractivity contribution in [1.82, 2.24) is 25.4 Å². The van der Waals surface area contributed by atoms with E-state index in [4.69, 9.17) is 10.5 Å². The predicted molar refractivity (Wildman–Crippen MR) is 191 cm³/mol. The Kier molecular flexibility index (Phi) is 9.17. The van der Waals surface area contributed by atoms with Gasteiger partial charge in [-0.25, -0.2) is 13.2 Å². The number of phenols is 1. The molecule has 0 spiro atoms. The van der Waals surface area contributed by atoms with Crippen molar-refractivity contribution in [2.75, 3.05) is 36.9 Å². The van der Waals surface area contributed by atoms with Crippen LogP contribution in [0.1, 0.15) is 67.9 Å². The number of nitrogen functional groups attached to an aromatic ring is 1. The largest absolute Gasteiger partial charge is 0.504 e. The number of likely N-dealkylation sites (tertiary alicyclic amines) is 1. The minimum absolute atomic E-state index is 0.0284. The van der Waals surface area contributed by atoms with E-state index in [1.165, 1.54) is 24.4 Å². The minimum atomic E-state index is -3.00. The molecule has 0 radical (unpaired) electrons. The molecule has 2 aromatic carbocycles. The van der Waals surface area contributed by atoms with E-state index < -0.39 is 29.4 Å². The quantitative estimate of drug-likeness (QED) is 0.209. The van der Waals surface area contributed by atoms with E-state index in [0.29, 0.717) is 49.4 Å². The highest BCUT2D eigenvalue weighted by atomic mass is 19.3. The number of para-hydroxylation sites is 2. The number of alkyl halides is 2. The second-order valence-electron chi connectivity index (χ2n) is 14.4. The fraction of sp³-hybridized carbons (Fsp3) is 0.410. The van der Waals surface area contributed by atoms with Gasteiger partial charge in [0, 0.05) is 29.8 Å². The number of imide groups is 1. The molecule has 0 unspecified atom stereocenters. The van der Waals surface area contributed by atoms with Crippen molar-refractivity contribution in [3.63, 3.8) is 0 Å². The molecule has 14 heteroatoms. The second kappa shape index (κ2) is 14.0. The van der Waals surface area contributed by atoms with Crippen molar-refractivity contribution in [1.29, 1.82) is 0 Å². The summed E-state index contributed by atoms with van der Waals surface area (Å²) in [5.41, 5.74) is 9.48. The topological polar surface area (TPSA) is 147 Å². The van der Waals surface area contributed by atoms with Crippen molar-refractivity contribution in [2.24, 2.45) is 0 Å². The molecule has 8 rings (SSSR count). The number of anilines is 2. The molecule has 1 saturated carbocycles. The number of carbonyl (C=O) groups is 2. The molecule has 11 nitrogen and oxygen atoms in total. The van der Waals surface area contributed by atoms with E-state index in [0.717, 1.165) is 48.8 Å². The van der Waals surface area contributed by atoms with Crippen LogP contribution in [0.4, 0.5) is 24.7 Å². The van der Waals surface area contributed by atoms with Crippen LogP contribution in [0, 0.1) is 5.82 Å². The molecular weight excluding hydrogens is 687 g/mol. The number of ether oxygens (including phenoxy) is 1. The van der Waals surface area contributed by atoms with Crippen LogP contribution < -0.4 is 20.7 Å². The Bertz CT molecular complexity index is 2060. The molecule has 2 saturated heterocycles. The maximum absolute atomic E-state index is 16.1. The number of benzene rings is 2. The van der Waals surface area contributed by atoms with Gasteiger partial charge in [-0.2, -0.15) is 0 Å². The van der Waals surface area contributed by atoms with Gasteiger partial charge in [-0.05, 0) is 98.5 Å². The summed E-state index contributed by atoms with van der Waals surface area (Å²) in [6.07, 6.45) is 5.73. The van der Waals surface area contributed by atoms with Crippen molar-refractivity contribution in [3.05, 3.63) is 77.7 Å². The van der Waals surface area contributed by atoms with Crippen LogP contribution in [-0.2, 0) is 9.59 Å². The molecule has 4 aliphatic rings. The Hall–Kier alpha value is -5.24. The third-order valence-electron chi connectivity index (χ3n) is 11.3. The zero-order valence-corrected chi connectivity index (χ0v) is 29.0. The lowest BCUT2D eigenvalue weighted by atomic mass is 9.79. The van der Waals surface area contributed by atoms with Crippen LogP contribution in [0.15, 0.2) is 60.8 Å². The molecule has 276 valence electrons. The second-order valence-corrected chi connectivity index (χ2v) is 14.4. The van der Waals surface area contributed by atoms with Gasteiger partial charge in [-0.1, -0.05) is 18.2 Å². The summed E-state index contributed by atoms with van der Waals surface area (Å²) < 4.78 is 52.4. The number of nitrogens with one attached hydrogen (secondary N) is 1. The monoisotopic (exact) mass is 727 g/mol. The maximum Gasteiger partial charge on any atom is 0.267 e. The summed E-state index contributed by atoms with van der Waals surface area (Å²) in [6.45, 7) is 1.17. The highest BCUT2D eigenvalue weighted by Gasteiger charge is 2.47. The van der Waals surface area contributed by atoms with E-state index in [1.807, 2.05) is 21.9 Å². The number of hydrogen-bond donors (Lipinski definition) is 3. The van der Waals surface area contributed by atoms with Gasteiger partial charge < -0.3 is 20.5 Å². The number of rotatable bonds is 6. The molecule has 4 aromatic rings. The molecule has 1 aliphatic carbocycles. The van der Waals surface area contributed by atoms with Gasteiger partial charge in [-0.15, -0.1) is 10.2 Å². The molecular formula is C39H40F3N7O4. The number of hydrogen-bond acceptors (Lipinski definition) is 10. The van der Waals surface area contributed by atoms with Crippen LogP contribution in [0.5, 0.6) is 11.5 Å². The summed E-state index contributed by atoms with van der Waals surface area (Å²) in [4.78, 5) is 32.8. The Morgan fingerprint density at radius 3 is 2.53 bits per heavy atom. The van der Waals surface area contributed by atoms with Crippen molar-refractivity contribution in [3.8, 4) is 34.0 Å². The van der Waals surface area contributed by atoms with Gasteiger partial charge >= 0.3 is 0 Å². The number of amides is 2. The SMILES string of the molecule is Nc1nnc(-c2cccc(F)c2O)cc1-c1cc([C@@H]2CCN(C3CCC(c4cccc5c4OCCN5[C@@H]4CCC(=O)NC4=O)CC3)CC2(F)F)ccn1. The van der Waals surface area contributed by atoms with E-state index in [-0.39, 0.29) is 53.8 Å². The summed E-state index contributed by atoms with van der Waals surface area (Å²) in [6, 6.07) is 14.4. The number of nitrogens with two attached hydrogens (primary N) is 1. The number of piperidine rings is 2. The first-order valence-electron chi connectivity index (χ1n) is 18.1. The van der Waals surface area contributed by atoms with Crippen LogP contribution in [0.25, 0.3) is 22.5 Å². The number of aromatic hydroxyl groups is 1. The Labute approximate surface area is 304 Å². The zero-order chi connectivity index (χ0) is 36.9. The fourth-order valence-corrected chi connectivity index (χ4v) is 8.63. The molecule has 2 aromatic heterocycles. The number of aromatic nitrogens is 3. The van der Waals surface area contributed by atoms with Crippen molar-refractivity contribution in [2.45, 2.75) is 74.8 Å². The maximum atomic E-state index is 16.1. The lowest BCUT2D eigenvalue weighted by molar-refractivity contribution is -0.134. The smallest absolute Gasteiger partial charge is 0.267 e. The standard InChI is InChI=1S/C39H40F3N7O4/c40-29-5-1-4-26(35(29)51)31-20-27(37(43)47-46-31)30-19-23(13-15-44-30)28-14-16-48(21-39(28,41)42)24-9-7-22(8-10-24)25-3-2-6-32-36(25)53-18-17-49(32)33-11-12-34(50)45-38(33)52/h1-6,13,15,19-20,22,24,28,33,51H,7-12,14,16-18,21H2,(H2,43,47)(H,45,50,52)/t22?,24?,28-,33+/m0/s1. The van der Waals surface area contributed by atoms with Gasteiger partial charge in [0.1, 0.15) is 18.4 Å². The normalized spacial score (nSPS) is 24.6. The Balaban J connectivity index is 0.939. The van der Waals surface area contributed by atoms with E-state index >= 15 is 8.78 Å². The molecule has 5 heterocycles. The summed E-state index contributed by atoms with van der Waals surface area (Å²) in [7, 11) is 0. The minimum Gasteiger partial charge on any atom is -0.504 e. The van der Waals surface area contributed by atoms with Crippen molar-refractivity contribution < 1.29 is 32.6 Å². The zero-order valence-electron chi connectivity index (χ0n) is 29.0. The lowest BCUT2D eigenvalue weighted by Gasteiger charge is -2.44. The summed E-state index contributed by atoms with van der Waals surface area (Å²) in [5.74, 6) is -4.93. The number of phenolic OH excluding ortho intramolecular Hbond substituents is 1. The van der Waals surface area contributed by atoms with Crippen LogP contribution in [0.3, 0.4) is 0 Å². The van der Waals surface area contributed by atoms with Crippen LogP contribution >= 0.6 is 0 Å². The predicted octanol–water partition coefficient (Wildman–Crippen LogP) is 5.79. The van der Waals surface area contributed by atoms with Gasteiger partial charge in [0.15, 0.2) is 17.4 Å². The third kappa shape index (κ3) is 6.64. The van der Waals surface area contributed by atoms with Gasteiger partial charge in [0.25, 0.3) is 5.92 Å². The van der Waals surface area contributed by atoms with Gasteiger partial charge in [-0.3, -0.25) is 24.8 Å². The summed E-state index contributed by atoms with van der Waals surface area (Å²) in [5, 5.41) is 20.7. The third-order valence-corrected chi connectivity index (χ3v) is 11.3. The molecule has 3 aliphatic heterocycles. The molecule has 3 fully saturated rings. The lowest BCUT2D eigenvalue weighted by Crippen LogP contribution is -2.54. The number of halogens is 3. The number of pyridine rings is 1. The fourth-order valence-electron chi connectivity index (χ4n) is 8.63. The van der Waals surface area contributed by atoms with Crippen LogP contribution in [-0.4, -0.2) is 81.2 Å². The Morgan fingerprint density at radius 2 is 1.74 bits per heavy atom. The van der Waals surface area contributed by atoms with E-state index in [1.54, 1.807) is 12.1 Å². The molecule has 0 bridgehead atoms. The molecule has 2 atom stereocenters. The van der Waals surface area contributed by atoms with Crippen LogP contribution in [0.2, 0.25) is 0 Å². The first-order valence-corrected chi connectivity index (χ1v) is 18.1. The van der Waals surface area contributed by atoms with Gasteiger partial charge in [0.2, 0.25) is 11.8 Å². The molecule has 2 amide bonds. The molecule has 4 N–H and O–H groups in total. The number of fused-ring (bicyclic) bond motifs is 1. The highest BCUT2D eigenvalue weighted by Crippen LogP contribution is 2.47. The van der Waals surface area contributed by atoms with E-state index in [9.17, 15) is 19.1 Å². The number of nitrogens with zero attached hydrogens (tertiary/aromatic N) is 5. The van der Waals surface area contributed by atoms with E-state index in [2.05, 4.69) is 26.6 Å². The number of carbonyl (C=O) groups excluding carboxylic acids is 2. The average molecular weight is 728 g/mol. The van der Waals surface area contributed by atoms with Gasteiger partial charge in [0.05, 0.1) is 36.1 Å². The Morgan fingerprint density at radius 1 is 0.925 bits per heavy atom. The molecule has 53 heavy (non-hydrogen) atoms. The first kappa shape index (κ1) is 34.8. The first-order chi connectivity index (χ1) is 25.6.